The van der Waals surface area contributed by atoms with Crippen LogP contribution in [0.15, 0.2) is 11.1 Å². The molecule has 0 aromatic carbocycles. The Hall–Kier alpha value is -0.590. The van der Waals surface area contributed by atoms with Gasteiger partial charge in [-0.2, -0.15) is 0 Å². The van der Waals surface area contributed by atoms with Gasteiger partial charge in [0.1, 0.15) is 6.29 Å². The van der Waals surface area contributed by atoms with Crippen LogP contribution in [0, 0.1) is 11.8 Å². The average Bonchev–Trinajstić information content (AvgIpc) is 2.20. The Morgan fingerprint density at radius 3 is 2.53 bits per heavy atom. The maximum Gasteiger partial charge on any atom is 0.123 e. The van der Waals surface area contributed by atoms with Crippen molar-refractivity contribution in [1.82, 2.24) is 0 Å². The molecule has 0 bridgehead atoms. The molecule has 1 nitrogen and oxygen atoms in total. The van der Waals surface area contributed by atoms with Crippen LogP contribution in [-0.2, 0) is 4.79 Å². The van der Waals surface area contributed by atoms with E-state index in [1.807, 2.05) is 0 Å². The molecule has 2 unspecified atom stereocenters. The first-order valence-electron chi connectivity index (χ1n) is 6.49. The maximum absolute atomic E-state index is 11.0. The fraction of sp³-hybridized carbons (Fsp3) is 0.786. The van der Waals surface area contributed by atoms with Crippen molar-refractivity contribution in [2.24, 2.45) is 11.8 Å². The molecule has 0 fully saturated rings. The molecule has 0 amide bonds. The van der Waals surface area contributed by atoms with E-state index in [1.165, 1.54) is 51.2 Å². The first kappa shape index (κ1) is 10.9. The summed E-state index contributed by atoms with van der Waals surface area (Å²) in [7, 11) is 0. The van der Waals surface area contributed by atoms with Gasteiger partial charge in [0.25, 0.3) is 0 Å². The van der Waals surface area contributed by atoms with Gasteiger partial charge >= 0.3 is 0 Å². The van der Waals surface area contributed by atoms with Crippen LogP contribution in [0.2, 0.25) is 0 Å². The molecule has 15 heavy (non-hydrogen) atoms. The van der Waals surface area contributed by atoms with Gasteiger partial charge in [-0.25, -0.2) is 0 Å². The monoisotopic (exact) mass is 206 g/mol. The Morgan fingerprint density at radius 1 is 1.07 bits per heavy atom. The summed E-state index contributed by atoms with van der Waals surface area (Å²) in [5.74, 6) is 0.840. The van der Waals surface area contributed by atoms with Gasteiger partial charge in [0, 0.05) is 5.92 Å². The summed E-state index contributed by atoms with van der Waals surface area (Å²) < 4.78 is 0. The van der Waals surface area contributed by atoms with Gasteiger partial charge in [0.2, 0.25) is 0 Å². The number of carbonyl (C=O) groups excluding carboxylic acids is 1. The van der Waals surface area contributed by atoms with Crippen molar-refractivity contribution in [2.75, 3.05) is 0 Å². The summed E-state index contributed by atoms with van der Waals surface area (Å²) in [5.41, 5.74) is 3.36. The first-order chi connectivity index (χ1) is 7.33. The summed E-state index contributed by atoms with van der Waals surface area (Å²) in [5, 5.41) is 0. The van der Waals surface area contributed by atoms with E-state index in [-0.39, 0.29) is 0 Å². The van der Waals surface area contributed by atoms with Crippen molar-refractivity contribution in [2.45, 2.75) is 58.3 Å². The number of aldehydes is 1. The molecule has 0 saturated heterocycles. The summed E-state index contributed by atoms with van der Waals surface area (Å²) in [6.07, 6.45) is 11.6. The van der Waals surface area contributed by atoms with Crippen LogP contribution in [0.25, 0.3) is 0 Å². The molecule has 0 heterocycles. The predicted molar refractivity (Wildman–Crippen MR) is 62.7 cm³/mol. The maximum atomic E-state index is 11.0. The van der Waals surface area contributed by atoms with Gasteiger partial charge in [-0.15, -0.1) is 0 Å². The number of hydrogen-bond donors (Lipinski definition) is 0. The largest absolute Gasteiger partial charge is 0.303 e. The molecule has 84 valence electrons. The van der Waals surface area contributed by atoms with E-state index in [1.54, 1.807) is 11.1 Å². The molecule has 2 aliphatic rings. The standard InChI is InChI=1S/C14H22O/c1-11-13(10-15)9-8-12-6-4-2-3-5-7-14(11)12/h10-11,13H,2-9H2,1H3. The van der Waals surface area contributed by atoms with E-state index in [9.17, 15) is 4.79 Å². The van der Waals surface area contributed by atoms with Crippen LogP contribution >= 0.6 is 0 Å². The second-order valence-corrected chi connectivity index (χ2v) is 5.17. The quantitative estimate of drug-likeness (QED) is 0.470. The highest BCUT2D eigenvalue weighted by molar-refractivity contribution is 5.56. The molecule has 0 aromatic rings. The van der Waals surface area contributed by atoms with Gasteiger partial charge in [-0.05, 0) is 44.4 Å². The molecule has 0 N–H and O–H groups in total. The number of hydrogen-bond acceptors (Lipinski definition) is 1. The lowest BCUT2D eigenvalue weighted by Gasteiger charge is -2.32. The fourth-order valence-electron chi connectivity index (χ4n) is 3.22. The van der Waals surface area contributed by atoms with Crippen LogP contribution in [0.4, 0.5) is 0 Å². The van der Waals surface area contributed by atoms with Gasteiger partial charge in [-0.3, -0.25) is 0 Å². The first-order valence-corrected chi connectivity index (χ1v) is 6.49. The summed E-state index contributed by atoms with van der Waals surface area (Å²) in [4.78, 5) is 11.0. The summed E-state index contributed by atoms with van der Waals surface area (Å²) in [6, 6.07) is 0. The van der Waals surface area contributed by atoms with Crippen molar-refractivity contribution < 1.29 is 4.79 Å². The Balaban J connectivity index is 2.18. The van der Waals surface area contributed by atoms with E-state index in [2.05, 4.69) is 6.92 Å². The normalized spacial score (nSPS) is 32.9. The minimum atomic E-state index is 0.308. The molecular weight excluding hydrogens is 184 g/mol. The third-order valence-electron chi connectivity index (χ3n) is 4.27. The Morgan fingerprint density at radius 2 is 1.80 bits per heavy atom. The second-order valence-electron chi connectivity index (χ2n) is 5.17. The Labute approximate surface area is 92.9 Å². The molecule has 0 radical (unpaired) electrons. The topological polar surface area (TPSA) is 17.1 Å². The molecule has 2 aliphatic carbocycles. The van der Waals surface area contributed by atoms with Crippen LogP contribution < -0.4 is 0 Å². The highest BCUT2D eigenvalue weighted by Gasteiger charge is 2.27. The molecule has 0 saturated carbocycles. The van der Waals surface area contributed by atoms with Crippen LogP contribution in [0.5, 0.6) is 0 Å². The Bertz CT molecular complexity index is 265. The van der Waals surface area contributed by atoms with E-state index in [0.29, 0.717) is 11.8 Å². The lowest BCUT2D eigenvalue weighted by Crippen LogP contribution is -2.22. The predicted octanol–water partition coefficient (Wildman–Crippen LogP) is 3.88. The zero-order valence-electron chi connectivity index (χ0n) is 9.80. The average molecular weight is 206 g/mol. The van der Waals surface area contributed by atoms with Gasteiger partial charge in [0.15, 0.2) is 0 Å². The summed E-state index contributed by atoms with van der Waals surface area (Å²) in [6.45, 7) is 2.26. The number of carbonyl (C=O) groups is 1. The molecule has 2 rings (SSSR count). The second kappa shape index (κ2) is 4.96. The van der Waals surface area contributed by atoms with Crippen LogP contribution in [-0.4, -0.2) is 6.29 Å². The minimum Gasteiger partial charge on any atom is -0.303 e. The molecule has 0 spiro atoms. The molecular formula is C14H22O. The van der Waals surface area contributed by atoms with Crippen molar-refractivity contribution >= 4 is 6.29 Å². The molecule has 0 aromatic heterocycles. The highest BCUT2D eigenvalue weighted by atomic mass is 16.1. The van der Waals surface area contributed by atoms with Crippen LogP contribution in [0.3, 0.4) is 0 Å². The summed E-state index contributed by atoms with van der Waals surface area (Å²) >= 11 is 0. The SMILES string of the molecule is CC1C2=C(CCCCCC2)CCC1C=O. The molecule has 0 aliphatic heterocycles. The van der Waals surface area contributed by atoms with Crippen molar-refractivity contribution in [1.29, 1.82) is 0 Å². The lowest BCUT2D eigenvalue weighted by atomic mass is 9.73. The molecule has 2 atom stereocenters. The van der Waals surface area contributed by atoms with Crippen LogP contribution in [0.1, 0.15) is 58.3 Å². The number of allylic oxidation sites excluding steroid dienone is 2. The Kier molecular flexibility index (Phi) is 3.61. The lowest BCUT2D eigenvalue weighted by molar-refractivity contribution is -0.112. The zero-order chi connectivity index (χ0) is 10.7. The van der Waals surface area contributed by atoms with Gasteiger partial charge in [0.05, 0.1) is 0 Å². The zero-order valence-corrected chi connectivity index (χ0v) is 9.80. The van der Waals surface area contributed by atoms with E-state index >= 15 is 0 Å². The smallest absolute Gasteiger partial charge is 0.123 e. The third-order valence-corrected chi connectivity index (χ3v) is 4.27. The van der Waals surface area contributed by atoms with E-state index < -0.39 is 0 Å². The van der Waals surface area contributed by atoms with Gasteiger partial charge < -0.3 is 4.79 Å². The fourth-order valence-corrected chi connectivity index (χ4v) is 3.22. The highest BCUT2D eigenvalue weighted by Crippen LogP contribution is 2.39. The molecule has 1 heteroatoms. The number of rotatable bonds is 1. The van der Waals surface area contributed by atoms with Gasteiger partial charge in [-0.1, -0.05) is 30.9 Å². The minimum absolute atomic E-state index is 0.308. The van der Waals surface area contributed by atoms with Crippen molar-refractivity contribution in [3.8, 4) is 0 Å². The van der Waals surface area contributed by atoms with Crippen molar-refractivity contribution in [3.63, 3.8) is 0 Å². The van der Waals surface area contributed by atoms with Crippen molar-refractivity contribution in [3.05, 3.63) is 11.1 Å². The third kappa shape index (κ3) is 2.32. The van der Waals surface area contributed by atoms with E-state index in [4.69, 9.17) is 0 Å². The van der Waals surface area contributed by atoms with E-state index in [0.717, 1.165) is 6.42 Å².